The highest BCUT2D eigenvalue weighted by Gasteiger charge is 2.24. The zero-order valence-electron chi connectivity index (χ0n) is 16.4. The van der Waals surface area contributed by atoms with Crippen molar-refractivity contribution in [1.29, 1.82) is 0 Å². The van der Waals surface area contributed by atoms with E-state index < -0.39 is 0 Å². The van der Waals surface area contributed by atoms with Crippen LogP contribution < -0.4 is 4.90 Å². The van der Waals surface area contributed by atoms with Crippen LogP contribution in [0.5, 0.6) is 0 Å². The minimum atomic E-state index is -0.242. The van der Waals surface area contributed by atoms with Gasteiger partial charge in [-0.2, -0.15) is 5.10 Å². The van der Waals surface area contributed by atoms with Crippen molar-refractivity contribution in [2.75, 3.05) is 31.1 Å². The van der Waals surface area contributed by atoms with Gasteiger partial charge in [0.2, 0.25) is 0 Å². The van der Waals surface area contributed by atoms with Crippen LogP contribution in [0, 0.1) is 5.82 Å². The molecule has 6 nitrogen and oxygen atoms in total. The van der Waals surface area contributed by atoms with E-state index in [0.29, 0.717) is 31.9 Å². The first-order chi connectivity index (χ1) is 13.3. The summed E-state index contributed by atoms with van der Waals surface area (Å²) in [5.41, 5.74) is 3.00. The average Bonchev–Trinajstić information content (AvgIpc) is 3.12. The number of aromatic nitrogens is 3. The molecule has 1 saturated heterocycles. The summed E-state index contributed by atoms with van der Waals surface area (Å²) >= 11 is 0. The number of carbonyl (C=O) groups excluding carboxylic acids is 1. The number of halogens is 1. The highest BCUT2D eigenvalue weighted by atomic mass is 19.1. The quantitative estimate of drug-likeness (QED) is 0.684. The summed E-state index contributed by atoms with van der Waals surface area (Å²) in [6.45, 7) is 8.92. The molecule has 1 aromatic carbocycles. The first kappa shape index (κ1) is 18.4. The molecule has 0 spiro atoms. The number of imidazole rings is 1. The first-order valence-corrected chi connectivity index (χ1v) is 9.48. The van der Waals surface area contributed by atoms with Gasteiger partial charge in [-0.15, -0.1) is 0 Å². The highest BCUT2D eigenvalue weighted by molar-refractivity contribution is 5.92. The lowest BCUT2D eigenvalue weighted by atomic mass is 9.93. The Labute approximate surface area is 163 Å². The minimum absolute atomic E-state index is 0.0748. The number of nitrogens with zero attached hydrogens (tertiary/aromatic N) is 5. The predicted molar refractivity (Wildman–Crippen MR) is 106 cm³/mol. The fourth-order valence-electron chi connectivity index (χ4n) is 3.34. The third-order valence-corrected chi connectivity index (χ3v) is 5.07. The van der Waals surface area contributed by atoms with E-state index >= 15 is 0 Å². The molecule has 7 heteroatoms. The number of fused-ring (bicyclic) bond motifs is 1. The lowest BCUT2D eigenvalue weighted by Crippen LogP contribution is -2.49. The molecule has 1 aliphatic heterocycles. The molecule has 0 atom stereocenters. The second kappa shape index (κ2) is 6.89. The Morgan fingerprint density at radius 2 is 1.68 bits per heavy atom. The van der Waals surface area contributed by atoms with Crippen LogP contribution in [0.1, 0.15) is 37.0 Å². The number of rotatable bonds is 2. The first-order valence-electron chi connectivity index (χ1n) is 9.48. The topological polar surface area (TPSA) is 53.7 Å². The Balaban J connectivity index is 1.47. The second-order valence-electron chi connectivity index (χ2n) is 8.15. The second-order valence-corrected chi connectivity index (χ2v) is 8.15. The van der Waals surface area contributed by atoms with E-state index in [1.807, 2.05) is 17.2 Å². The van der Waals surface area contributed by atoms with Gasteiger partial charge in [-0.25, -0.2) is 13.9 Å². The van der Waals surface area contributed by atoms with Crippen molar-refractivity contribution in [2.45, 2.75) is 26.2 Å². The lowest BCUT2D eigenvalue weighted by Gasteiger charge is -2.36. The number of hydrogen-bond donors (Lipinski definition) is 0. The van der Waals surface area contributed by atoms with Crippen molar-refractivity contribution in [3.63, 3.8) is 0 Å². The molecule has 0 bridgehead atoms. The van der Waals surface area contributed by atoms with Gasteiger partial charge in [0, 0.05) is 37.3 Å². The van der Waals surface area contributed by atoms with Crippen LogP contribution in [0.3, 0.4) is 0 Å². The summed E-state index contributed by atoms with van der Waals surface area (Å²) in [7, 11) is 0. The molecule has 1 amide bonds. The molecule has 1 aliphatic rings. The molecule has 146 valence electrons. The van der Waals surface area contributed by atoms with Crippen LogP contribution in [0.4, 0.5) is 10.1 Å². The molecule has 2 aromatic heterocycles. The van der Waals surface area contributed by atoms with Crippen LogP contribution in [-0.2, 0) is 5.41 Å². The zero-order valence-corrected chi connectivity index (χ0v) is 16.4. The average molecular weight is 381 g/mol. The Kier molecular flexibility index (Phi) is 4.53. The van der Waals surface area contributed by atoms with E-state index in [-0.39, 0.29) is 17.1 Å². The van der Waals surface area contributed by atoms with Crippen molar-refractivity contribution >= 4 is 17.2 Å². The molecule has 0 saturated carbocycles. The van der Waals surface area contributed by atoms with Gasteiger partial charge in [-0.1, -0.05) is 20.8 Å². The zero-order chi connectivity index (χ0) is 19.9. The normalized spacial score (nSPS) is 15.3. The van der Waals surface area contributed by atoms with Crippen LogP contribution in [-0.4, -0.2) is 51.6 Å². The summed E-state index contributed by atoms with van der Waals surface area (Å²) < 4.78 is 14.8. The molecule has 3 aromatic rings. The molecular weight excluding hydrogens is 357 g/mol. The molecule has 0 N–H and O–H groups in total. The van der Waals surface area contributed by atoms with E-state index in [2.05, 4.69) is 35.8 Å². The maximum absolute atomic E-state index is 13.1. The van der Waals surface area contributed by atoms with Crippen LogP contribution in [0.15, 0.2) is 42.6 Å². The third kappa shape index (κ3) is 3.56. The summed E-state index contributed by atoms with van der Waals surface area (Å²) in [4.78, 5) is 21.5. The third-order valence-electron chi connectivity index (χ3n) is 5.07. The van der Waals surface area contributed by atoms with E-state index in [1.165, 1.54) is 12.1 Å². The highest BCUT2D eigenvalue weighted by Crippen LogP contribution is 2.22. The molecular formula is C21H24FN5O. The Morgan fingerprint density at radius 1 is 1.00 bits per heavy atom. The molecule has 3 heterocycles. The number of piperazine rings is 1. The summed E-state index contributed by atoms with van der Waals surface area (Å²) in [5.74, 6) is -0.320. The number of carbonyl (C=O) groups is 1. The van der Waals surface area contributed by atoms with Crippen molar-refractivity contribution in [1.82, 2.24) is 19.5 Å². The standard InChI is InChI=1S/C21H24FN5O/c1-21(2,3)18-14-27-19(23-18)9-8-17(24-27)20(28)26-12-10-25(11-13-26)16-6-4-15(22)5-7-16/h4-9,14H,10-13H2,1-3H3. The van der Waals surface area contributed by atoms with Gasteiger partial charge < -0.3 is 9.80 Å². The summed E-state index contributed by atoms with van der Waals surface area (Å²) in [5, 5.41) is 4.48. The molecule has 4 rings (SSSR count). The lowest BCUT2D eigenvalue weighted by molar-refractivity contribution is 0.0739. The van der Waals surface area contributed by atoms with Crippen molar-refractivity contribution in [3.8, 4) is 0 Å². The van der Waals surface area contributed by atoms with Gasteiger partial charge >= 0.3 is 0 Å². The molecule has 28 heavy (non-hydrogen) atoms. The molecule has 0 unspecified atom stereocenters. The predicted octanol–water partition coefficient (Wildman–Crippen LogP) is 3.13. The van der Waals surface area contributed by atoms with Crippen LogP contribution >= 0.6 is 0 Å². The number of hydrogen-bond acceptors (Lipinski definition) is 4. The fraction of sp³-hybridized carbons (Fsp3) is 0.381. The maximum atomic E-state index is 13.1. The van der Waals surface area contributed by atoms with Crippen molar-refractivity contribution < 1.29 is 9.18 Å². The maximum Gasteiger partial charge on any atom is 0.274 e. The van der Waals surface area contributed by atoms with Gasteiger partial charge in [0.05, 0.1) is 11.9 Å². The largest absolute Gasteiger partial charge is 0.368 e. The molecule has 0 radical (unpaired) electrons. The van der Waals surface area contributed by atoms with E-state index in [4.69, 9.17) is 0 Å². The van der Waals surface area contributed by atoms with Gasteiger partial charge in [0.15, 0.2) is 5.65 Å². The molecule has 0 aliphatic carbocycles. The van der Waals surface area contributed by atoms with E-state index in [1.54, 1.807) is 22.7 Å². The van der Waals surface area contributed by atoms with Crippen LogP contribution in [0.2, 0.25) is 0 Å². The monoisotopic (exact) mass is 381 g/mol. The fourth-order valence-corrected chi connectivity index (χ4v) is 3.34. The van der Waals surface area contributed by atoms with E-state index in [9.17, 15) is 9.18 Å². The number of benzene rings is 1. The van der Waals surface area contributed by atoms with Crippen molar-refractivity contribution in [3.05, 3.63) is 59.8 Å². The number of amides is 1. The number of anilines is 1. The van der Waals surface area contributed by atoms with Crippen LogP contribution in [0.25, 0.3) is 5.65 Å². The van der Waals surface area contributed by atoms with E-state index in [0.717, 1.165) is 17.0 Å². The summed E-state index contributed by atoms with van der Waals surface area (Å²) in [6, 6.07) is 10.0. The van der Waals surface area contributed by atoms with Gasteiger partial charge in [0.25, 0.3) is 5.91 Å². The SMILES string of the molecule is CC(C)(C)c1cn2nc(C(=O)N3CCN(c4ccc(F)cc4)CC3)ccc2n1. The van der Waals surface area contributed by atoms with Crippen molar-refractivity contribution in [2.24, 2.45) is 0 Å². The Bertz CT molecular complexity index is 998. The Morgan fingerprint density at radius 3 is 2.32 bits per heavy atom. The Hall–Kier alpha value is -2.96. The minimum Gasteiger partial charge on any atom is -0.368 e. The van der Waals surface area contributed by atoms with Gasteiger partial charge in [-0.05, 0) is 36.4 Å². The smallest absolute Gasteiger partial charge is 0.274 e. The van der Waals surface area contributed by atoms with Gasteiger partial charge in [0.1, 0.15) is 11.5 Å². The summed E-state index contributed by atoms with van der Waals surface area (Å²) in [6.07, 6.45) is 1.89. The molecule has 1 fully saturated rings. The van der Waals surface area contributed by atoms with Gasteiger partial charge in [-0.3, -0.25) is 4.79 Å².